The minimum atomic E-state index is -0.621. The predicted molar refractivity (Wildman–Crippen MR) is 180 cm³/mol. The molecule has 0 saturated heterocycles. The van der Waals surface area contributed by atoms with Crippen molar-refractivity contribution in [2.45, 2.75) is 26.4 Å². The lowest BCUT2D eigenvalue weighted by Gasteiger charge is -2.24. The van der Waals surface area contributed by atoms with Crippen LogP contribution in [0.2, 0.25) is 0 Å². The number of para-hydroxylation sites is 1. The number of esters is 1. The summed E-state index contributed by atoms with van der Waals surface area (Å²) in [7, 11) is 0. The van der Waals surface area contributed by atoms with Gasteiger partial charge in [-0.15, -0.1) is 0 Å². The van der Waals surface area contributed by atoms with Crippen LogP contribution in [0.4, 0.5) is 0 Å². The van der Waals surface area contributed by atoms with Crippen molar-refractivity contribution in [3.8, 4) is 11.1 Å². The number of aromatic nitrogens is 2. The summed E-state index contributed by atoms with van der Waals surface area (Å²) in [6.45, 7) is 4.51. The molecule has 0 N–H and O–H groups in total. The van der Waals surface area contributed by atoms with E-state index >= 15 is 0 Å². The first-order chi connectivity index (χ1) is 22.0. The summed E-state index contributed by atoms with van der Waals surface area (Å²) >= 11 is 1.34. The lowest BCUT2D eigenvalue weighted by molar-refractivity contribution is -0.139. The van der Waals surface area contributed by atoms with Crippen LogP contribution in [0.3, 0.4) is 0 Å². The van der Waals surface area contributed by atoms with E-state index in [0.29, 0.717) is 27.1 Å². The Balaban J connectivity index is 1.30. The molecule has 1 atom stereocenters. The molecule has 0 amide bonds. The number of nitrogens with zero attached hydrogens (tertiary/aromatic N) is 3. The van der Waals surface area contributed by atoms with Gasteiger partial charge in [-0.25, -0.2) is 9.79 Å². The van der Waals surface area contributed by atoms with Gasteiger partial charge in [0.05, 0.1) is 28.5 Å². The van der Waals surface area contributed by atoms with E-state index in [0.717, 1.165) is 22.0 Å². The largest absolute Gasteiger partial charge is 0.463 e. The number of rotatable bonds is 7. The average Bonchev–Trinajstić information content (AvgIpc) is 3.57. The van der Waals surface area contributed by atoms with Crippen LogP contribution < -0.4 is 14.9 Å². The number of carbonyl (C=O) groups is 1. The molecule has 0 radical (unpaired) electrons. The van der Waals surface area contributed by atoms with E-state index in [9.17, 15) is 9.59 Å². The van der Waals surface area contributed by atoms with Gasteiger partial charge in [0.2, 0.25) is 0 Å². The summed E-state index contributed by atoms with van der Waals surface area (Å²) in [5.41, 5.74) is 7.20. The maximum absolute atomic E-state index is 14.1. The molecular formula is C38H31N3O3S. The zero-order valence-corrected chi connectivity index (χ0v) is 25.8. The second-order valence-electron chi connectivity index (χ2n) is 11.0. The SMILES string of the molecule is CCOC(=O)C1=C(C)N=c2sc(=Cc3cn(Cc4ccc(-c5ccccc5)cc4)c4ccccc34)c(=O)n2C1c1ccccc1. The summed E-state index contributed by atoms with van der Waals surface area (Å²) in [5, 5.41) is 1.06. The van der Waals surface area contributed by atoms with Crippen molar-refractivity contribution < 1.29 is 9.53 Å². The Hall–Kier alpha value is -5.27. The maximum atomic E-state index is 14.1. The Bertz CT molecular complexity index is 2240. The molecule has 7 rings (SSSR count). The molecule has 0 spiro atoms. The van der Waals surface area contributed by atoms with Gasteiger partial charge >= 0.3 is 5.97 Å². The first kappa shape index (κ1) is 28.5. The molecule has 1 aliphatic heterocycles. The molecule has 1 aliphatic rings. The van der Waals surface area contributed by atoms with Crippen molar-refractivity contribution in [2.75, 3.05) is 6.61 Å². The van der Waals surface area contributed by atoms with Crippen LogP contribution in [0.25, 0.3) is 28.1 Å². The quantitative estimate of drug-likeness (QED) is 0.195. The number of ether oxygens (including phenoxy) is 1. The highest BCUT2D eigenvalue weighted by atomic mass is 32.1. The highest BCUT2D eigenvalue weighted by Gasteiger charge is 2.33. The fourth-order valence-corrected chi connectivity index (χ4v) is 7.07. The van der Waals surface area contributed by atoms with Gasteiger partial charge in [0, 0.05) is 29.2 Å². The van der Waals surface area contributed by atoms with Gasteiger partial charge in [-0.2, -0.15) is 0 Å². The number of benzene rings is 4. The van der Waals surface area contributed by atoms with Crippen molar-refractivity contribution in [2.24, 2.45) is 4.99 Å². The van der Waals surface area contributed by atoms with E-state index < -0.39 is 12.0 Å². The minimum absolute atomic E-state index is 0.185. The van der Waals surface area contributed by atoms with Crippen LogP contribution in [0.1, 0.15) is 36.6 Å². The summed E-state index contributed by atoms with van der Waals surface area (Å²) < 4.78 is 9.83. The van der Waals surface area contributed by atoms with Crippen molar-refractivity contribution in [1.82, 2.24) is 9.13 Å². The number of carbonyl (C=O) groups excluding carboxylic acids is 1. The lowest BCUT2D eigenvalue weighted by Crippen LogP contribution is -2.39. The van der Waals surface area contributed by atoms with E-state index in [-0.39, 0.29) is 12.2 Å². The standard InChI is InChI=1S/C38H31N3O3S/c1-3-44-37(43)34-25(2)39-38-41(35(34)29-14-8-5-9-15-29)36(42)33(45-38)22-30-24-40(32-17-11-10-16-31(30)32)23-26-18-20-28(21-19-26)27-12-6-4-7-13-27/h4-22,24,35H,3,23H2,1-2H3. The maximum Gasteiger partial charge on any atom is 0.338 e. The van der Waals surface area contributed by atoms with Crippen LogP contribution in [-0.4, -0.2) is 21.7 Å². The van der Waals surface area contributed by atoms with E-state index in [1.165, 1.54) is 28.0 Å². The Kier molecular flexibility index (Phi) is 7.61. The van der Waals surface area contributed by atoms with E-state index in [2.05, 4.69) is 71.4 Å². The first-order valence-electron chi connectivity index (χ1n) is 15.0. The third kappa shape index (κ3) is 5.36. The normalized spacial score (nSPS) is 14.8. The van der Waals surface area contributed by atoms with Gasteiger partial charge in [0.1, 0.15) is 0 Å². The number of fused-ring (bicyclic) bond motifs is 2. The molecule has 6 nitrogen and oxygen atoms in total. The highest BCUT2D eigenvalue weighted by Crippen LogP contribution is 2.31. The van der Waals surface area contributed by atoms with Crippen molar-refractivity contribution in [3.63, 3.8) is 0 Å². The zero-order valence-electron chi connectivity index (χ0n) is 25.0. The van der Waals surface area contributed by atoms with Crippen LogP contribution >= 0.6 is 11.3 Å². The monoisotopic (exact) mass is 609 g/mol. The van der Waals surface area contributed by atoms with Gasteiger partial charge in [-0.05, 0) is 48.2 Å². The van der Waals surface area contributed by atoms with E-state index in [1.54, 1.807) is 18.4 Å². The van der Waals surface area contributed by atoms with Crippen LogP contribution in [0.15, 0.2) is 136 Å². The molecule has 222 valence electrons. The fraction of sp³-hybridized carbons (Fsp3) is 0.132. The molecule has 2 aromatic heterocycles. The third-order valence-corrected chi connectivity index (χ3v) is 9.14. The van der Waals surface area contributed by atoms with E-state index in [1.807, 2.05) is 54.6 Å². The fourth-order valence-electron chi connectivity index (χ4n) is 6.03. The summed E-state index contributed by atoms with van der Waals surface area (Å²) in [5.74, 6) is -0.457. The molecule has 0 saturated carbocycles. The Morgan fingerprint density at radius 2 is 1.56 bits per heavy atom. The molecule has 1 unspecified atom stereocenters. The van der Waals surface area contributed by atoms with E-state index in [4.69, 9.17) is 9.73 Å². The van der Waals surface area contributed by atoms with Crippen molar-refractivity contribution >= 4 is 34.3 Å². The van der Waals surface area contributed by atoms with Crippen molar-refractivity contribution in [1.29, 1.82) is 0 Å². The highest BCUT2D eigenvalue weighted by molar-refractivity contribution is 7.07. The molecule has 3 heterocycles. The summed E-state index contributed by atoms with van der Waals surface area (Å²) in [4.78, 5) is 32.5. The molecule has 4 aromatic carbocycles. The van der Waals surface area contributed by atoms with Crippen LogP contribution in [-0.2, 0) is 16.1 Å². The Morgan fingerprint density at radius 3 is 2.29 bits per heavy atom. The Morgan fingerprint density at radius 1 is 0.889 bits per heavy atom. The lowest BCUT2D eigenvalue weighted by atomic mass is 9.96. The topological polar surface area (TPSA) is 65.6 Å². The smallest absolute Gasteiger partial charge is 0.338 e. The first-order valence-corrected chi connectivity index (χ1v) is 15.8. The predicted octanol–water partition coefficient (Wildman–Crippen LogP) is 6.47. The van der Waals surface area contributed by atoms with Gasteiger partial charge in [-0.1, -0.05) is 114 Å². The number of thiazole rings is 1. The summed E-state index contributed by atoms with van der Waals surface area (Å²) in [6, 6.07) is 36.2. The number of hydrogen-bond acceptors (Lipinski definition) is 5. The second kappa shape index (κ2) is 12.0. The average molecular weight is 610 g/mol. The second-order valence-corrected chi connectivity index (χ2v) is 12.0. The van der Waals surface area contributed by atoms with Gasteiger partial charge in [-0.3, -0.25) is 9.36 Å². The van der Waals surface area contributed by atoms with Crippen LogP contribution in [0.5, 0.6) is 0 Å². The Labute approximate surface area is 264 Å². The van der Waals surface area contributed by atoms with Gasteiger partial charge in [0.15, 0.2) is 4.80 Å². The van der Waals surface area contributed by atoms with Gasteiger partial charge < -0.3 is 9.30 Å². The summed E-state index contributed by atoms with van der Waals surface area (Å²) in [6.07, 6.45) is 4.06. The third-order valence-electron chi connectivity index (χ3n) is 8.15. The van der Waals surface area contributed by atoms with Crippen molar-refractivity contribution in [3.05, 3.63) is 163 Å². The minimum Gasteiger partial charge on any atom is -0.463 e. The molecule has 0 aliphatic carbocycles. The molecule has 45 heavy (non-hydrogen) atoms. The molecule has 6 aromatic rings. The van der Waals surface area contributed by atoms with Crippen LogP contribution in [0, 0.1) is 0 Å². The number of allylic oxidation sites excluding steroid dienone is 1. The zero-order chi connectivity index (χ0) is 30.9. The molecular weight excluding hydrogens is 579 g/mol. The molecule has 0 bridgehead atoms. The molecule has 0 fully saturated rings. The van der Waals surface area contributed by atoms with Gasteiger partial charge in [0.25, 0.3) is 5.56 Å². The number of hydrogen-bond donors (Lipinski definition) is 0. The molecule has 7 heteroatoms.